The monoisotopic (exact) mass is 278 g/mol. The van der Waals surface area contributed by atoms with E-state index in [2.05, 4.69) is 38.1 Å². The Morgan fingerprint density at radius 2 is 1.79 bits per heavy atom. The lowest BCUT2D eigenvalue weighted by Gasteiger charge is -2.14. The predicted octanol–water partition coefficient (Wildman–Crippen LogP) is 4.39. The third-order valence-electron chi connectivity index (χ3n) is 3.94. The molecule has 1 aliphatic carbocycles. The highest BCUT2D eigenvalue weighted by atomic mass is 32.2. The van der Waals surface area contributed by atoms with Crippen LogP contribution in [0.2, 0.25) is 0 Å². The van der Waals surface area contributed by atoms with Crippen LogP contribution >= 0.6 is 11.8 Å². The summed E-state index contributed by atoms with van der Waals surface area (Å²) in [7, 11) is 0. The van der Waals surface area contributed by atoms with E-state index < -0.39 is 0 Å². The zero-order chi connectivity index (χ0) is 13.7. The molecule has 0 spiro atoms. The minimum Gasteiger partial charge on any atom is -0.392 e. The Bertz CT molecular complexity index is 365. The van der Waals surface area contributed by atoms with Crippen molar-refractivity contribution >= 4 is 11.8 Å². The van der Waals surface area contributed by atoms with Gasteiger partial charge in [-0.3, -0.25) is 0 Å². The van der Waals surface area contributed by atoms with E-state index in [9.17, 15) is 5.11 Å². The van der Waals surface area contributed by atoms with Crippen LogP contribution in [-0.4, -0.2) is 22.2 Å². The lowest BCUT2D eigenvalue weighted by Crippen LogP contribution is -2.15. The Morgan fingerprint density at radius 3 is 2.37 bits per heavy atom. The van der Waals surface area contributed by atoms with Crippen molar-refractivity contribution in [2.45, 2.75) is 63.2 Å². The number of aliphatic hydroxyl groups is 1. The van der Waals surface area contributed by atoms with Gasteiger partial charge in [0.15, 0.2) is 0 Å². The zero-order valence-corrected chi connectivity index (χ0v) is 13.0. The quantitative estimate of drug-likeness (QED) is 0.833. The van der Waals surface area contributed by atoms with Crippen LogP contribution in [-0.2, 0) is 6.42 Å². The molecular formula is C17H26OS. The van der Waals surface area contributed by atoms with Gasteiger partial charge in [-0.1, -0.05) is 51.0 Å². The highest BCUT2D eigenvalue weighted by Gasteiger charge is 2.17. The van der Waals surface area contributed by atoms with Crippen LogP contribution in [0.15, 0.2) is 24.3 Å². The molecule has 1 N–H and O–H groups in total. The third kappa shape index (κ3) is 4.85. The van der Waals surface area contributed by atoms with Gasteiger partial charge in [0.1, 0.15) is 0 Å². The summed E-state index contributed by atoms with van der Waals surface area (Å²) < 4.78 is 0. The van der Waals surface area contributed by atoms with Crippen LogP contribution in [0.3, 0.4) is 0 Å². The minimum atomic E-state index is -0.199. The Hall–Kier alpha value is -0.470. The fourth-order valence-corrected chi connectivity index (χ4v) is 3.95. The van der Waals surface area contributed by atoms with Crippen molar-refractivity contribution in [3.8, 4) is 0 Å². The van der Waals surface area contributed by atoms with Gasteiger partial charge >= 0.3 is 0 Å². The molecule has 1 aromatic rings. The van der Waals surface area contributed by atoms with Crippen molar-refractivity contribution in [1.82, 2.24) is 0 Å². The number of aliphatic hydroxyl groups excluding tert-OH is 1. The average Bonchev–Trinajstić information content (AvgIpc) is 2.90. The molecule has 106 valence electrons. The molecule has 1 atom stereocenters. The van der Waals surface area contributed by atoms with Crippen LogP contribution < -0.4 is 0 Å². The molecule has 1 nitrogen and oxygen atoms in total. The molecule has 2 heteroatoms. The van der Waals surface area contributed by atoms with Gasteiger partial charge in [0.2, 0.25) is 0 Å². The maximum absolute atomic E-state index is 10.1. The molecule has 1 aliphatic rings. The first-order valence-corrected chi connectivity index (χ1v) is 8.58. The van der Waals surface area contributed by atoms with Crippen molar-refractivity contribution in [2.75, 3.05) is 5.75 Å². The smallest absolute Gasteiger partial charge is 0.0670 e. The second-order valence-corrected chi connectivity index (χ2v) is 7.33. The summed E-state index contributed by atoms with van der Waals surface area (Å²) in [5.41, 5.74) is 2.63. The Labute approximate surface area is 121 Å². The molecule has 0 aromatic heterocycles. The summed E-state index contributed by atoms with van der Waals surface area (Å²) >= 11 is 1.97. The number of rotatable bonds is 6. The number of hydrogen-bond acceptors (Lipinski definition) is 2. The van der Waals surface area contributed by atoms with Gasteiger partial charge in [0.05, 0.1) is 6.10 Å². The van der Waals surface area contributed by atoms with Crippen LogP contribution in [0.1, 0.15) is 56.6 Å². The number of benzene rings is 1. The standard InChI is InChI=1S/C17H26OS/c1-13(2)15-9-7-14(8-10-15)11-16(18)12-19-17-5-3-4-6-17/h7-10,13,16-18H,3-6,11-12H2,1-2H3. The predicted molar refractivity (Wildman–Crippen MR) is 85.0 cm³/mol. The van der Waals surface area contributed by atoms with Crippen molar-refractivity contribution < 1.29 is 5.11 Å². The van der Waals surface area contributed by atoms with Crippen molar-refractivity contribution in [2.24, 2.45) is 0 Å². The SMILES string of the molecule is CC(C)c1ccc(CC(O)CSC2CCCC2)cc1. The van der Waals surface area contributed by atoms with E-state index in [0.29, 0.717) is 5.92 Å². The van der Waals surface area contributed by atoms with E-state index >= 15 is 0 Å². The summed E-state index contributed by atoms with van der Waals surface area (Å²) in [4.78, 5) is 0. The number of hydrogen-bond donors (Lipinski definition) is 1. The summed E-state index contributed by atoms with van der Waals surface area (Å²) in [6.07, 6.45) is 6.05. The molecule has 1 aromatic carbocycles. The van der Waals surface area contributed by atoms with Gasteiger partial charge in [-0.2, -0.15) is 11.8 Å². The van der Waals surface area contributed by atoms with Crippen molar-refractivity contribution in [3.05, 3.63) is 35.4 Å². The van der Waals surface area contributed by atoms with Gasteiger partial charge in [-0.25, -0.2) is 0 Å². The lowest BCUT2D eigenvalue weighted by atomic mass is 10.00. The first kappa shape index (κ1) is 14.9. The van der Waals surface area contributed by atoms with Crippen LogP contribution in [0.25, 0.3) is 0 Å². The molecule has 0 radical (unpaired) electrons. The Balaban J connectivity index is 1.76. The summed E-state index contributed by atoms with van der Waals surface area (Å²) in [6, 6.07) is 8.71. The van der Waals surface area contributed by atoms with Gasteiger partial charge < -0.3 is 5.11 Å². The van der Waals surface area contributed by atoms with Crippen molar-refractivity contribution in [1.29, 1.82) is 0 Å². The first-order chi connectivity index (χ1) is 9.15. The molecule has 0 saturated heterocycles. The van der Waals surface area contributed by atoms with Gasteiger partial charge in [0, 0.05) is 11.0 Å². The van der Waals surface area contributed by atoms with E-state index in [-0.39, 0.29) is 6.10 Å². The summed E-state index contributed by atoms with van der Waals surface area (Å²) in [6.45, 7) is 4.42. The van der Waals surface area contributed by atoms with E-state index in [1.807, 2.05) is 11.8 Å². The van der Waals surface area contributed by atoms with E-state index in [0.717, 1.165) is 17.4 Å². The third-order valence-corrected chi connectivity index (χ3v) is 5.46. The molecule has 1 unspecified atom stereocenters. The minimum absolute atomic E-state index is 0.199. The fraction of sp³-hybridized carbons (Fsp3) is 0.647. The second kappa shape index (κ2) is 7.35. The molecule has 0 amide bonds. The molecule has 0 heterocycles. The molecule has 19 heavy (non-hydrogen) atoms. The van der Waals surface area contributed by atoms with Crippen LogP contribution in [0, 0.1) is 0 Å². The van der Waals surface area contributed by atoms with E-state index in [1.54, 1.807) is 0 Å². The van der Waals surface area contributed by atoms with Crippen molar-refractivity contribution in [3.63, 3.8) is 0 Å². The largest absolute Gasteiger partial charge is 0.392 e. The highest BCUT2D eigenvalue weighted by Crippen LogP contribution is 2.30. The zero-order valence-electron chi connectivity index (χ0n) is 12.1. The molecular weight excluding hydrogens is 252 g/mol. The van der Waals surface area contributed by atoms with Gasteiger partial charge in [0.25, 0.3) is 0 Å². The fourth-order valence-electron chi connectivity index (χ4n) is 2.67. The average molecular weight is 278 g/mol. The number of thioether (sulfide) groups is 1. The van der Waals surface area contributed by atoms with Gasteiger partial charge in [-0.05, 0) is 36.3 Å². The normalized spacial score (nSPS) is 18.1. The second-order valence-electron chi connectivity index (χ2n) is 5.99. The summed E-state index contributed by atoms with van der Waals surface area (Å²) in [5, 5.41) is 10.9. The highest BCUT2D eigenvalue weighted by molar-refractivity contribution is 7.99. The molecule has 2 rings (SSSR count). The summed E-state index contributed by atoms with van der Waals surface area (Å²) in [5.74, 6) is 1.47. The van der Waals surface area contributed by atoms with Crippen LogP contribution in [0.5, 0.6) is 0 Å². The molecule has 1 fully saturated rings. The maximum Gasteiger partial charge on any atom is 0.0670 e. The lowest BCUT2D eigenvalue weighted by molar-refractivity contribution is 0.200. The van der Waals surface area contributed by atoms with Gasteiger partial charge in [-0.15, -0.1) is 0 Å². The Kier molecular flexibility index (Phi) is 5.77. The van der Waals surface area contributed by atoms with Crippen LogP contribution in [0.4, 0.5) is 0 Å². The topological polar surface area (TPSA) is 20.2 Å². The van der Waals surface area contributed by atoms with E-state index in [4.69, 9.17) is 0 Å². The molecule has 0 aliphatic heterocycles. The first-order valence-electron chi connectivity index (χ1n) is 7.53. The van der Waals surface area contributed by atoms with E-state index in [1.165, 1.54) is 36.8 Å². The molecule has 0 bridgehead atoms. The molecule has 1 saturated carbocycles. The maximum atomic E-state index is 10.1. The Morgan fingerprint density at radius 1 is 1.16 bits per heavy atom.